The summed E-state index contributed by atoms with van der Waals surface area (Å²) in [6.45, 7) is 3.36. The zero-order valence-corrected chi connectivity index (χ0v) is 9.67. The molecule has 0 bridgehead atoms. The van der Waals surface area contributed by atoms with Gasteiger partial charge in [0.25, 0.3) is 0 Å². The minimum absolute atomic E-state index is 0.319. The zero-order chi connectivity index (χ0) is 11.1. The summed E-state index contributed by atoms with van der Waals surface area (Å²) in [5.41, 5.74) is 0. The summed E-state index contributed by atoms with van der Waals surface area (Å²) in [6, 6.07) is 0.712. The summed E-state index contributed by atoms with van der Waals surface area (Å²) in [4.78, 5) is 10.3. The molecule has 0 saturated heterocycles. The number of carbonyl (C=O) groups is 1. The van der Waals surface area contributed by atoms with Crippen molar-refractivity contribution in [3.05, 3.63) is 0 Å². The van der Waals surface area contributed by atoms with Crippen LogP contribution in [-0.4, -0.2) is 23.7 Å². The van der Waals surface area contributed by atoms with E-state index < -0.39 is 5.97 Å². The fourth-order valence-electron chi connectivity index (χ4n) is 2.31. The molecule has 0 radical (unpaired) electrons. The Morgan fingerprint density at radius 3 is 2.73 bits per heavy atom. The number of nitrogens with one attached hydrogen (secondary N) is 1. The van der Waals surface area contributed by atoms with Crippen molar-refractivity contribution in [2.75, 3.05) is 6.54 Å². The number of carboxylic acids is 1. The van der Waals surface area contributed by atoms with E-state index in [1.54, 1.807) is 0 Å². The zero-order valence-electron chi connectivity index (χ0n) is 9.67. The maximum atomic E-state index is 10.3. The highest BCUT2D eigenvalue weighted by atomic mass is 16.4. The molecule has 2 N–H and O–H groups in total. The molecule has 0 aromatic rings. The van der Waals surface area contributed by atoms with Crippen LogP contribution in [0.5, 0.6) is 0 Å². The van der Waals surface area contributed by atoms with Crippen molar-refractivity contribution in [3.63, 3.8) is 0 Å². The second-order valence-corrected chi connectivity index (χ2v) is 4.67. The normalized spacial score (nSPS) is 25.7. The van der Waals surface area contributed by atoms with E-state index in [4.69, 9.17) is 5.11 Å². The second-order valence-electron chi connectivity index (χ2n) is 4.67. The highest BCUT2D eigenvalue weighted by molar-refractivity contribution is 5.66. The predicted octanol–water partition coefficient (Wildman–Crippen LogP) is 2.41. The molecule has 0 aliphatic heterocycles. The molecular weight excluding hydrogens is 190 g/mol. The molecule has 1 aliphatic carbocycles. The predicted molar refractivity (Wildman–Crippen MR) is 60.9 cm³/mol. The van der Waals surface area contributed by atoms with E-state index in [1.807, 2.05) is 0 Å². The minimum atomic E-state index is -0.674. The van der Waals surface area contributed by atoms with Crippen LogP contribution in [0.25, 0.3) is 0 Å². The fourth-order valence-corrected chi connectivity index (χ4v) is 2.31. The van der Waals surface area contributed by atoms with Crippen molar-refractivity contribution in [2.24, 2.45) is 5.92 Å². The highest BCUT2D eigenvalue weighted by Crippen LogP contribution is 2.24. The monoisotopic (exact) mass is 213 g/mol. The molecule has 88 valence electrons. The summed E-state index contributed by atoms with van der Waals surface area (Å²) >= 11 is 0. The summed E-state index contributed by atoms with van der Waals surface area (Å²) in [6.07, 6.45) is 7.30. The van der Waals surface area contributed by atoms with Crippen molar-refractivity contribution in [3.8, 4) is 0 Å². The Balaban J connectivity index is 1.90. The number of rotatable bonds is 7. The molecule has 2 unspecified atom stereocenters. The van der Waals surface area contributed by atoms with Gasteiger partial charge in [0, 0.05) is 12.5 Å². The fraction of sp³-hybridized carbons (Fsp3) is 0.917. The molecule has 2 atom stereocenters. The van der Waals surface area contributed by atoms with E-state index in [2.05, 4.69) is 12.2 Å². The third-order valence-electron chi connectivity index (χ3n) is 3.34. The third kappa shape index (κ3) is 5.17. The van der Waals surface area contributed by atoms with Crippen molar-refractivity contribution in [2.45, 2.75) is 57.9 Å². The Morgan fingerprint density at radius 2 is 2.13 bits per heavy atom. The first-order chi connectivity index (χ1) is 7.20. The van der Waals surface area contributed by atoms with Crippen molar-refractivity contribution in [1.82, 2.24) is 5.32 Å². The Labute approximate surface area is 92.3 Å². The summed E-state index contributed by atoms with van der Waals surface area (Å²) in [5.74, 6) is 0.149. The van der Waals surface area contributed by atoms with E-state index in [0.29, 0.717) is 12.5 Å². The van der Waals surface area contributed by atoms with E-state index >= 15 is 0 Å². The van der Waals surface area contributed by atoms with E-state index in [-0.39, 0.29) is 0 Å². The average molecular weight is 213 g/mol. The number of aliphatic carboxylic acids is 1. The Kier molecular flexibility index (Phi) is 5.69. The van der Waals surface area contributed by atoms with Crippen LogP contribution < -0.4 is 5.32 Å². The van der Waals surface area contributed by atoms with Gasteiger partial charge in [-0.1, -0.05) is 19.8 Å². The maximum absolute atomic E-state index is 10.3. The lowest BCUT2D eigenvalue weighted by molar-refractivity contribution is -0.137. The lowest BCUT2D eigenvalue weighted by Crippen LogP contribution is -2.31. The van der Waals surface area contributed by atoms with Gasteiger partial charge in [-0.2, -0.15) is 0 Å². The number of carboxylic acid groups (broad SMARTS) is 1. The molecule has 0 spiro atoms. The lowest BCUT2D eigenvalue weighted by Gasteiger charge is -2.16. The van der Waals surface area contributed by atoms with Crippen LogP contribution in [0, 0.1) is 5.92 Å². The minimum Gasteiger partial charge on any atom is -0.481 e. The molecule has 0 aromatic carbocycles. The van der Waals surface area contributed by atoms with Gasteiger partial charge in [-0.15, -0.1) is 0 Å². The SMILES string of the molecule is CC1CCCC1NCCCCCC(=O)O. The molecule has 1 saturated carbocycles. The van der Waals surface area contributed by atoms with Gasteiger partial charge in [0.05, 0.1) is 0 Å². The van der Waals surface area contributed by atoms with E-state index in [9.17, 15) is 4.79 Å². The molecule has 3 nitrogen and oxygen atoms in total. The quantitative estimate of drug-likeness (QED) is 0.638. The molecule has 0 amide bonds. The Hall–Kier alpha value is -0.570. The maximum Gasteiger partial charge on any atom is 0.303 e. The van der Waals surface area contributed by atoms with Crippen molar-refractivity contribution in [1.29, 1.82) is 0 Å². The molecule has 0 aromatic heterocycles. The third-order valence-corrected chi connectivity index (χ3v) is 3.34. The second kappa shape index (κ2) is 6.83. The van der Waals surface area contributed by atoms with Gasteiger partial charge < -0.3 is 10.4 Å². The molecule has 0 heterocycles. The average Bonchev–Trinajstić information content (AvgIpc) is 2.57. The van der Waals surface area contributed by atoms with Gasteiger partial charge in [0.2, 0.25) is 0 Å². The smallest absolute Gasteiger partial charge is 0.303 e. The first kappa shape index (κ1) is 12.5. The van der Waals surface area contributed by atoms with Gasteiger partial charge in [-0.05, 0) is 38.1 Å². The topological polar surface area (TPSA) is 49.3 Å². The Bertz CT molecular complexity index is 194. The van der Waals surface area contributed by atoms with E-state index in [1.165, 1.54) is 19.3 Å². The van der Waals surface area contributed by atoms with Gasteiger partial charge >= 0.3 is 5.97 Å². The highest BCUT2D eigenvalue weighted by Gasteiger charge is 2.21. The van der Waals surface area contributed by atoms with E-state index in [0.717, 1.165) is 31.7 Å². The van der Waals surface area contributed by atoms with Crippen LogP contribution in [-0.2, 0) is 4.79 Å². The number of hydrogen-bond acceptors (Lipinski definition) is 2. The summed E-state index contributed by atoms with van der Waals surface area (Å²) in [7, 11) is 0. The van der Waals surface area contributed by atoms with Gasteiger partial charge in [-0.3, -0.25) is 4.79 Å². The molecule has 3 heteroatoms. The van der Waals surface area contributed by atoms with Crippen molar-refractivity contribution < 1.29 is 9.90 Å². The van der Waals surface area contributed by atoms with Crippen LogP contribution in [0.4, 0.5) is 0 Å². The van der Waals surface area contributed by atoms with Crippen LogP contribution in [0.15, 0.2) is 0 Å². The summed E-state index contributed by atoms with van der Waals surface area (Å²) < 4.78 is 0. The van der Waals surface area contributed by atoms with Crippen molar-refractivity contribution >= 4 is 5.97 Å². The Morgan fingerprint density at radius 1 is 1.33 bits per heavy atom. The van der Waals surface area contributed by atoms with Gasteiger partial charge in [-0.25, -0.2) is 0 Å². The number of hydrogen-bond donors (Lipinski definition) is 2. The van der Waals surface area contributed by atoms with Crippen LogP contribution in [0.1, 0.15) is 51.9 Å². The van der Waals surface area contributed by atoms with Crippen LogP contribution in [0.2, 0.25) is 0 Å². The molecule has 1 rings (SSSR count). The molecule has 1 fully saturated rings. The van der Waals surface area contributed by atoms with Crippen LogP contribution in [0.3, 0.4) is 0 Å². The molecule has 15 heavy (non-hydrogen) atoms. The molecule has 1 aliphatic rings. The standard InChI is InChI=1S/C12H23NO2/c1-10-6-5-7-11(10)13-9-4-2-3-8-12(14)15/h10-11,13H,2-9H2,1H3,(H,14,15). The molecular formula is C12H23NO2. The largest absolute Gasteiger partial charge is 0.481 e. The summed E-state index contributed by atoms with van der Waals surface area (Å²) in [5, 5.41) is 12.0. The van der Waals surface area contributed by atoms with Gasteiger partial charge in [0.1, 0.15) is 0 Å². The lowest BCUT2D eigenvalue weighted by atomic mass is 10.1. The number of unbranched alkanes of at least 4 members (excludes halogenated alkanes) is 2. The first-order valence-corrected chi connectivity index (χ1v) is 6.15. The first-order valence-electron chi connectivity index (χ1n) is 6.15. The van der Waals surface area contributed by atoms with Crippen LogP contribution >= 0.6 is 0 Å². The van der Waals surface area contributed by atoms with Gasteiger partial charge in [0.15, 0.2) is 0 Å².